The number of carbonyl (C=O) groups excluding carboxylic acids is 3. The van der Waals surface area contributed by atoms with E-state index in [9.17, 15) is 14.4 Å². The molecule has 1 atom stereocenters. The highest BCUT2D eigenvalue weighted by molar-refractivity contribution is 7.09. The van der Waals surface area contributed by atoms with E-state index in [1.807, 2.05) is 5.38 Å². The molecule has 0 aliphatic carbocycles. The zero-order valence-electron chi connectivity index (χ0n) is 13.2. The minimum Gasteiger partial charge on any atom is -0.458 e. The number of esters is 1. The van der Waals surface area contributed by atoms with Gasteiger partial charge in [0.05, 0.1) is 10.7 Å². The van der Waals surface area contributed by atoms with Crippen molar-refractivity contribution in [1.82, 2.24) is 9.88 Å². The quantitative estimate of drug-likeness (QED) is 0.625. The third kappa shape index (κ3) is 3.52. The summed E-state index contributed by atoms with van der Waals surface area (Å²) in [7, 11) is 0. The highest BCUT2D eigenvalue weighted by Gasteiger charge is 2.36. The Morgan fingerprint density at radius 3 is 2.45 bits per heavy atom. The first-order valence-corrected chi connectivity index (χ1v) is 8.04. The SMILES string of the molecule is CC(C(=O)OCc1csc(C(C)(C)C)n1)N1C(=O)CCC1=O. The smallest absolute Gasteiger partial charge is 0.329 e. The van der Waals surface area contributed by atoms with Crippen LogP contribution >= 0.6 is 11.3 Å². The lowest BCUT2D eigenvalue weighted by Gasteiger charge is -2.20. The van der Waals surface area contributed by atoms with Crippen LogP contribution in [0.5, 0.6) is 0 Å². The Hall–Kier alpha value is -1.76. The number of aromatic nitrogens is 1. The summed E-state index contributed by atoms with van der Waals surface area (Å²) in [6, 6.07) is -0.886. The number of hydrogen-bond donors (Lipinski definition) is 0. The Balaban J connectivity index is 1.94. The Bertz CT molecular complexity index is 587. The zero-order chi connectivity index (χ0) is 16.5. The molecule has 6 nitrogen and oxygen atoms in total. The highest BCUT2D eigenvalue weighted by atomic mass is 32.1. The van der Waals surface area contributed by atoms with Gasteiger partial charge in [0.2, 0.25) is 11.8 Å². The molecule has 0 aromatic carbocycles. The van der Waals surface area contributed by atoms with Crippen LogP contribution in [0.25, 0.3) is 0 Å². The Morgan fingerprint density at radius 1 is 1.36 bits per heavy atom. The lowest BCUT2D eigenvalue weighted by molar-refractivity contribution is -0.158. The second-order valence-corrected chi connectivity index (χ2v) is 7.19. The van der Waals surface area contributed by atoms with Crippen LogP contribution < -0.4 is 0 Å². The van der Waals surface area contributed by atoms with E-state index in [1.54, 1.807) is 0 Å². The minimum atomic E-state index is -0.886. The predicted molar refractivity (Wildman–Crippen MR) is 81.2 cm³/mol. The Morgan fingerprint density at radius 2 is 1.95 bits per heavy atom. The number of imide groups is 1. The maximum atomic E-state index is 12.0. The average molecular weight is 324 g/mol. The number of nitrogens with zero attached hydrogens (tertiary/aromatic N) is 2. The highest BCUT2D eigenvalue weighted by Crippen LogP contribution is 2.26. The lowest BCUT2D eigenvalue weighted by Crippen LogP contribution is -2.43. The fourth-order valence-corrected chi connectivity index (χ4v) is 3.01. The molecule has 0 spiro atoms. The summed E-state index contributed by atoms with van der Waals surface area (Å²) in [6.07, 6.45) is 0.328. The summed E-state index contributed by atoms with van der Waals surface area (Å²) >= 11 is 1.52. The van der Waals surface area contributed by atoms with Gasteiger partial charge in [-0.05, 0) is 6.92 Å². The number of rotatable bonds is 4. The van der Waals surface area contributed by atoms with Gasteiger partial charge in [-0.15, -0.1) is 11.3 Å². The largest absolute Gasteiger partial charge is 0.458 e. The molecule has 1 saturated heterocycles. The third-order valence-corrected chi connectivity index (χ3v) is 4.69. The van der Waals surface area contributed by atoms with Crippen LogP contribution in [0.2, 0.25) is 0 Å². The van der Waals surface area contributed by atoms with Crippen molar-refractivity contribution >= 4 is 29.1 Å². The van der Waals surface area contributed by atoms with Crippen molar-refractivity contribution in [3.05, 3.63) is 16.1 Å². The first-order chi connectivity index (χ1) is 10.2. The predicted octanol–water partition coefficient (Wildman–Crippen LogP) is 2.02. The van der Waals surface area contributed by atoms with Gasteiger partial charge < -0.3 is 4.74 Å². The molecule has 2 heterocycles. The van der Waals surface area contributed by atoms with Gasteiger partial charge in [0.15, 0.2) is 0 Å². The average Bonchev–Trinajstić information content (AvgIpc) is 3.02. The summed E-state index contributed by atoms with van der Waals surface area (Å²) in [5, 5.41) is 2.82. The number of amides is 2. The molecule has 120 valence electrons. The lowest BCUT2D eigenvalue weighted by atomic mass is 9.98. The zero-order valence-corrected chi connectivity index (χ0v) is 14.0. The second-order valence-electron chi connectivity index (χ2n) is 6.34. The van der Waals surface area contributed by atoms with Crippen LogP contribution in [-0.2, 0) is 31.1 Å². The van der Waals surface area contributed by atoms with E-state index in [4.69, 9.17) is 4.74 Å². The van der Waals surface area contributed by atoms with Crippen LogP contribution in [0, 0.1) is 0 Å². The van der Waals surface area contributed by atoms with Gasteiger partial charge >= 0.3 is 5.97 Å². The van der Waals surface area contributed by atoms with Gasteiger partial charge in [0.25, 0.3) is 0 Å². The molecule has 1 unspecified atom stereocenters. The molecular weight excluding hydrogens is 304 g/mol. The van der Waals surface area contributed by atoms with Crippen molar-refractivity contribution < 1.29 is 19.1 Å². The first-order valence-electron chi connectivity index (χ1n) is 7.16. The number of carbonyl (C=O) groups is 3. The molecule has 0 N–H and O–H groups in total. The van der Waals surface area contributed by atoms with Crippen LogP contribution in [0.4, 0.5) is 0 Å². The Labute approximate surface area is 133 Å². The van der Waals surface area contributed by atoms with Crippen molar-refractivity contribution in [3.63, 3.8) is 0 Å². The van der Waals surface area contributed by atoms with Gasteiger partial charge in [-0.3, -0.25) is 14.5 Å². The molecule has 22 heavy (non-hydrogen) atoms. The third-order valence-electron chi connectivity index (χ3n) is 3.37. The van der Waals surface area contributed by atoms with E-state index < -0.39 is 12.0 Å². The maximum Gasteiger partial charge on any atom is 0.329 e. The molecule has 1 aromatic rings. The van der Waals surface area contributed by atoms with Crippen molar-refractivity contribution in [1.29, 1.82) is 0 Å². The molecule has 0 saturated carbocycles. The summed E-state index contributed by atoms with van der Waals surface area (Å²) < 4.78 is 5.18. The van der Waals surface area contributed by atoms with Gasteiger partial charge in [0.1, 0.15) is 12.6 Å². The molecule has 1 aromatic heterocycles. The molecular formula is C15H20N2O4S. The van der Waals surface area contributed by atoms with E-state index >= 15 is 0 Å². The molecule has 2 amide bonds. The second kappa shape index (κ2) is 6.16. The number of likely N-dealkylation sites (tertiary alicyclic amines) is 1. The van der Waals surface area contributed by atoms with Crippen molar-refractivity contribution in [2.24, 2.45) is 0 Å². The van der Waals surface area contributed by atoms with Crippen LogP contribution in [0.3, 0.4) is 0 Å². The number of ether oxygens (including phenoxy) is 1. The van der Waals surface area contributed by atoms with E-state index in [0.717, 1.165) is 9.91 Å². The first kappa shape index (κ1) is 16.6. The maximum absolute atomic E-state index is 12.0. The van der Waals surface area contributed by atoms with Crippen LogP contribution in [-0.4, -0.2) is 33.7 Å². The fourth-order valence-electron chi connectivity index (χ4n) is 2.11. The Kier molecular flexibility index (Phi) is 4.65. The minimum absolute atomic E-state index is 0.0470. The molecule has 1 aliphatic heterocycles. The summed E-state index contributed by atoms with van der Waals surface area (Å²) in [4.78, 5) is 40.6. The van der Waals surface area contributed by atoms with Crippen molar-refractivity contribution in [3.8, 4) is 0 Å². The van der Waals surface area contributed by atoms with Gasteiger partial charge in [0, 0.05) is 23.6 Å². The van der Waals surface area contributed by atoms with Crippen molar-refractivity contribution in [2.45, 2.75) is 58.6 Å². The normalized spacial score (nSPS) is 17.0. The van der Waals surface area contributed by atoms with Gasteiger partial charge in [-0.25, -0.2) is 9.78 Å². The summed E-state index contributed by atoms with van der Waals surface area (Å²) in [5.41, 5.74) is 0.628. The number of hydrogen-bond acceptors (Lipinski definition) is 6. The van der Waals surface area contributed by atoms with E-state index in [2.05, 4.69) is 25.8 Å². The van der Waals surface area contributed by atoms with Gasteiger partial charge in [-0.1, -0.05) is 20.8 Å². The molecule has 2 rings (SSSR count). The molecule has 1 aliphatic rings. The summed E-state index contributed by atoms with van der Waals surface area (Å²) in [6.45, 7) is 7.74. The van der Waals surface area contributed by atoms with Gasteiger partial charge in [-0.2, -0.15) is 0 Å². The standard InChI is InChI=1S/C15H20N2O4S/c1-9(17-11(18)5-6-12(17)19)13(20)21-7-10-8-22-14(16-10)15(2,3)4/h8-9H,5-7H2,1-4H3. The molecule has 1 fully saturated rings. The van der Waals surface area contributed by atoms with E-state index in [0.29, 0.717) is 5.69 Å². The monoisotopic (exact) mass is 324 g/mol. The topological polar surface area (TPSA) is 76.6 Å². The van der Waals surface area contributed by atoms with Crippen LogP contribution in [0.1, 0.15) is 51.2 Å². The fraction of sp³-hybridized carbons (Fsp3) is 0.600. The number of thiazole rings is 1. The van der Waals surface area contributed by atoms with Crippen molar-refractivity contribution in [2.75, 3.05) is 0 Å². The molecule has 0 bridgehead atoms. The van der Waals surface area contributed by atoms with E-state index in [1.165, 1.54) is 18.3 Å². The van der Waals surface area contributed by atoms with Crippen LogP contribution in [0.15, 0.2) is 5.38 Å². The molecule has 0 radical (unpaired) electrons. The molecule has 7 heteroatoms. The van der Waals surface area contributed by atoms with E-state index in [-0.39, 0.29) is 36.7 Å². The summed E-state index contributed by atoms with van der Waals surface area (Å²) in [5.74, 6) is -1.23.